The van der Waals surface area contributed by atoms with Crippen molar-refractivity contribution in [3.63, 3.8) is 0 Å². The summed E-state index contributed by atoms with van der Waals surface area (Å²) in [6, 6.07) is 7.38. The number of hydrogen-bond donors (Lipinski definition) is 1. The van der Waals surface area contributed by atoms with E-state index >= 15 is 0 Å². The Morgan fingerprint density at radius 2 is 1.52 bits per heavy atom. The number of hydrogen-bond acceptors (Lipinski definition) is 3. The van der Waals surface area contributed by atoms with E-state index in [9.17, 15) is 13.2 Å². The van der Waals surface area contributed by atoms with Crippen LogP contribution in [0.15, 0.2) is 29.2 Å². The van der Waals surface area contributed by atoms with Crippen molar-refractivity contribution >= 4 is 15.9 Å². The van der Waals surface area contributed by atoms with Crippen LogP contribution in [0, 0.1) is 0 Å². The van der Waals surface area contributed by atoms with Crippen LogP contribution in [0.5, 0.6) is 0 Å². The van der Waals surface area contributed by atoms with Crippen LogP contribution in [-0.4, -0.2) is 37.8 Å². The normalized spacial score (nSPS) is 20.1. The molecule has 1 aromatic rings. The Kier molecular flexibility index (Phi) is 7.30. The van der Waals surface area contributed by atoms with Crippen molar-refractivity contribution in [3.8, 4) is 0 Å². The van der Waals surface area contributed by atoms with Crippen molar-refractivity contribution in [3.05, 3.63) is 29.8 Å². The predicted octanol–water partition coefficient (Wildman–Crippen LogP) is 3.63. The van der Waals surface area contributed by atoms with Gasteiger partial charge in [-0.3, -0.25) is 4.79 Å². The van der Waals surface area contributed by atoms with E-state index in [2.05, 4.69) is 5.32 Å². The van der Waals surface area contributed by atoms with Crippen LogP contribution in [0.25, 0.3) is 0 Å². The Bertz CT molecular complexity index is 701. The molecule has 0 atom stereocenters. The van der Waals surface area contributed by atoms with Gasteiger partial charge in [0.15, 0.2) is 0 Å². The summed E-state index contributed by atoms with van der Waals surface area (Å²) in [5.74, 6) is 0.104. The summed E-state index contributed by atoms with van der Waals surface area (Å²) in [5, 5.41) is 3.17. The number of amides is 1. The molecule has 0 spiro atoms. The quantitative estimate of drug-likeness (QED) is 0.752. The number of benzene rings is 1. The van der Waals surface area contributed by atoms with Gasteiger partial charge in [0.05, 0.1) is 4.90 Å². The fourth-order valence-electron chi connectivity index (χ4n) is 4.06. The van der Waals surface area contributed by atoms with Crippen LogP contribution in [0.4, 0.5) is 0 Å². The third-order valence-corrected chi connectivity index (χ3v) is 7.65. The zero-order chi connectivity index (χ0) is 19.1. The van der Waals surface area contributed by atoms with Crippen molar-refractivity contribution in [1.29, 1.82) is 0 Å². The summed E-state index contributed by atoms with van der Waals surface area (Å²) < 4.78 is 26.9. The molecule has 3 rings (SSSR count). The van der Waals surface area contributed by atoms with Gasteiger partial charge in [0.1, 0.15) is 0 Å². The first-order chi connectivity index (χ1) is 13.1. The average Bonchev–Trinajstić information content (AvgIpc) is 2.96. The molecule has 150 valence electrons. The van der Waals surface area contributed by atoms with E-state index in [4.69, 9.17) is 0 Å². The second kappa shape index (κ2) is 9.69. The lowest BCUT2D eigenvalue weighted by Gasteiger charge is -2.25. The Morgan fingerprint density at radius 3 is 2.15 bits per heavy atom. The minimum Gasteiger partial charge on any atom is -0.353 e. The zero-order valence-corrected chi connectivity index (χ0v) is 17.0. The highest BCUT2D eigenvalue weighted by molar-refractivity contribution is 7.89. The summed E-state index contributed by atoms with van der Waals surface area (Å²) in [7, 11) is -3.38. The van der Waals surface area contributed by atoms with Crippen molar-refractivity contribution in [2.45, 2.75) is 81.6 Å². The highest BCUT2D eigenvalue weighted by Gasteiger charge is 2.25. The van der Waals surface area contributed by atoms with E-state index in [1.165, 1.54) is 25.7 Å². The molecular formula is C21H32N2O3S. The Balaban J connectivity index is 1.50. The lowest BCUT2D eigenvalue weighted by molar-refractivity contribution is -0.121. The Morgan fingerprint density at radius 1 is 0.926 bits per heavy atom. The first kappa shape index (κ1) is 20.3. The summed E-state index contributed by atoms with van der Waals surface area (Å²) in [6.07, 6.45) is 11.2. The van der Waals surface area contributed by atoms with Gasteiger partial charge >= 0.3 is 0 Å². The lowest BCUT2D eigenvalue weighted by Crippen LogP contribution is -2.35. The molecule has 1 aliphatic heterocycles. The van der Waals surface area contributed by atoms with E-state index in [-0.39, 0.29) is 5.91 Å². The van der Waals surface area contributed by atoms with Gasteiger partial charge in [0.25, 0.3) is 0 Å². The van der Waals surface area contributed by atoms with E-state index in [1.807, 2.05) is 12.1 Å². The number of carbonyl (C=O) groups is 1. The summed E-state index contributed by atoms with van der Waals surface area (Å²) in [6.45, 7) is 1.23. The van der Waals surface area contributed by atoms with Crippen molar-refractivity contribution in [1.82, 2.24) is 9.62 Å². The first-order valence-corrected chi connectivity index (χ1v) is 11.9. The van der Waals surface area contributed by atoms with Crippen molar-refractivity contribution in [2.24, 2.45) is 0 Å². The van der Waals surface area contributed by atoms with Gasteiger partial charge in [0, 0.05) is 25.6 Å². The standard InChI is InChI=1S/C21H32N2O3S/c24-21(22-19-8-4-1-2-5-9-19)15-12-18-10-13-20(14-11-18)27(25,26)23-16-6-3-7-17-23/h10-11,13-14,19H,1-9,12,15-17H2,(H,22,24). The molecule has 6 heteroatoms. The van der Waals surface area contributed by atoms with Crippen LogP contribution in [0.3, 0.4) is 0 Å². The van der Waals surface area contributed by atoms with Crippen LogP contribution >= 0.6 is 0 Å². The third kappa shape index (κ3) is 5.79. The second-order valence-electron chi connectivity index (χ2n) is 7.86. The van der Waals surface area contributed by atoms with E-state index in [0.29, 0.717) is 36.9 Å². The maximum Gasteiger partial charge on any atom is 0.243 e. The molecule has 27 heavy (non-hydrogen) atoms. The fraction of sp³-hybridized carbons (Fsp3) is 0.667. The Labute approximate surface area is 163 Å². The molecule has 1 saturated heterocycles. The number of aryl methyl sites for hydroxylation is 1. The minimum absolute atomic E-state index is 0.104. The highest BCUT2D eigenvalue weighted by Crippen LogP contribution is 2.21. The first-order valence-electron chi connectivity index (χ1n) is 10.4. The van der Waals surface area contributed by atoms with Crippen molar-refractivity contribution in [2.75, 3.05) is 13.1 Å². The van der Waals surface area contributed by atoms with E-state index < -0.39 is 10.0 Å². The smallest absolute Gasteiger partial charge is 0.243 e. The number of nitrogens with zero attached hydrogens (tertiary/aromatic N) is 1. The molecule has 1 N–H and O–H groups in total. The average molecular weight is 393 g/mol. The van der Waals surface area contributed by atoms with Crippen molar-refractivity contribution < 1.29 is 13.2 Å². The molecule has 0 unspecified atom stereocenters. The number of rotatable bonds is 6. The van der Waals surface area contributed by atoms with Crippen LogP contribution in [0.1, 0.15) is 69.8 Å². The monoisotopic (exact) mass is 392 g/mol. The molecule has 1 aromatic carbocycles. The van der Waals surface area contributed by atoms with E-state index in [1.54, 1.807) is 16.4 Å². The predicted molar refractivity (Wildman–Crippen MR) is 107 cm³/mol. The van der Waals surface area contributed by atoms with E-state index in [0.717, 1.165) is 37.7 Å². The molecule has 2 aliphatic rings. The molecule has 1 heterocycles. The topological polar surface area (TPSA) is 66.5 Å². The fourth-order valence-corrected chi connectivity index (χ4v) is 5.58. The largest absolute Gasteiger partial charge is 0.353 e. The van der Waals surface area contributed by atoms with Gasteiger partial charge in [-0.05, 0) is 49.8 Å². The zero-order valence-electron chi connectivity index (χ0n) is 16.2. The molecule has 2 fully saturated rings. The minimum atomic E-state index is -3.38. The molecule has 0 aromatic heterocycles. The van der Waals surface area contributed by atoms with Gasteiger partial charge in [-0.1, -0.05) is 44.2 Å². The van der Waals surface area contributed by atoms with Gasteiger partial charge in [-0.25, -0.2) is 8.42 Å². The molecule has 1 saturated carbocycles. The second-order valence-corrected chi connectivity index (χ2v) is 9.80. The number of carbonyl (C=O) groups excluding carboxylic acids is 1. The maximum atomic E-state index is 12.7. The summed E-state index contributed by atoms with van der Waals surface area (Å²) in [4.78, 5) is 12.6. The number of nitrogens with one attached hydrogen (secondary N) is 1. The van der Waals surface area contributed by atoms with Crippen LogP contribution in [0.2, 0.25) is 0 Å². The summed E-state index contributed by atoms with van der Waals surface area (Å²) >= 11 is 0. The van der Waals surface area contributed by atoms with Gasteiger partial charge in [0.2, 0.25) is 15.9 Å². The highest BCUT2D eigenvalue weighted by atomic mass is 32.2. The number of sulfonamides is 1. The van der Waals surface area contributed by atoms with Crippen LogP contribution in [-0.2, 0) is 21.2 Å². The number of piperidine rings is 1. The Hall–Kier alpha value is -1.40. The van der Waals surface area contributed by atoms with Crippen LogP contribution < -0.4 is 5.32 Å². The van der Waals surface area contributed by atoms with Gasteiger partial charge < -0.3 is 5.32 Å². The molecular weight excluding hydrogens is 360 g/mol. The SMILES string of the molecule is O=C(CCc1ccc(S(=O)(=O)N2CCCCC2)cc1)NC1CCCCCC1. The maximum absolute atomic E-state index is 12.7. The van der Waals surface area contributed by atoms with Gasteiger partial charge in [-0.2, -0.15) is 4.31 Å². The van der Waals surface area contributed by atoms with Gasteiger partial charge in [-0.15, -0.1) is 0 Å². The molecule has 5 nitrogen and oxygen atoms in total. The summed E-state index contributed by atoms with van der Waals surface area (Å²) in [5.41, 5.74) is 1.00. The lowest BCUT2D eigenvalue weighted by atomic mass is 10.1. The third-order valence-electron chi connectivity index (χ3n) is 5.74. The molecule has 0 bridgehead atoms. The molecule has 1 aliphatic carbocycles. The molecule has 0 radical (unpaired) electrons. The molecule has 1 amide bonds.